The van der Waals surface area contributed by atoms with Gasteiger partial charge in [0, 0.05) is 11.6 Å². The molecule has 0 radical (unpaired) electrons. The normalized spacial score (nSPS) is 22.8. The maximum Gasteiger partial charge on any atom is 0.307 e. The van der Waals surface area contributed by atoms with Crippen LogP contribution < -0.4 is 5.32 Å². The number of para-hydroxylation sites is 1. The number of benzene rings is 1. The van der Waals surface area contributed by atoms with Crippen molar-refractivity contribution in [2.75, 3.05) is 5.32 Å². The molecule has 1 aromatic heterocycles. The van der Waals surface area contributed by atoms with Crippen LogP contribution in [0.15, 0.2) is 36.5 Å². The number of nitrogens with one attached hydrogen (secondary N) is 1. The molecular formula is C16H16N2O3. The van der Waals surface area contributed by atoms with Crippen LogP contribution >= 0.6 is 0 Å². The molecule has 1 aliphatic carbocycles. The van der Waals surface area contributed by atoms with Crippen molar-refractivity contribution in [3.63, 3.8) is 0 Å². The molecule has 1 fully saturated rings. The van der Waals surface area contributed by atoms with Crippen LogP contribution in [0.2, 0.25) is 0 Å². The monoisotopic (exact) mass is 284 g/mol. The third-order valence-corrected chi connectivity index (χ3v) is 4.27. The summed E-state index contributed by atoms with van der Waals surface area (Å²) in [6, 6.07) is 9.28. The van der Waals surface area contributed by atoms with E-state index in [1.165, 1.54) is 0 Å². The van der Waals surface area contributed by atoms with Crippen LogP contribution in [0.4, 0.5) is 5.69 Å². The number of hydrogen-bond acceptors (Lipinski definition) is 3. The average molecular weight is 284 g/mol. The van der Waals surface area contributed by atoms with Crippen LogP contribution in [0.5, 0.6) is 0 Å². The van der Waals surface area contributed by atoms with E-state index < -0.39 is 23.2 Å². The molecule has 2 atom stereocenters. The standard InChI is InChI=1S/C16H16N2O3/c1-16(2)11(12(16)15(20)21)14(19)18-10-7-3-5-9-6-4-8-17-13(9)10/h3-8,11-12H,1-2H3,(H,18,19)(H,20,21). The number of anilines is 1. The predicted octanol–water partition coefficient (Wildman–Crippen LogP) is 2.53. The predicted molar refractivity (Wildman–Crippen MR) is 78.8 cm³/mol. The van der Waals surface area contributed by atoms with Crippen LogP contribution in [0.1, 0.15) is 13.8 Å². The van der Waals surface area contributed by atoms with Crippen molar-refractivity contribution in [2.45, 2.75) is 13.8 Å². The van der Waals surface area contributed by atoms with Crippen molar-refractivity contribution in [3.05, 3.63) is 36.5 Å². The highest BCUT2D eigenvalue weighted by atomic mass is 16.4. The van der Waals surface area contributed by atoms with E-state index in [-0.39, 0.29) is 5.91 Å². The SMILES string of the molecule is CC1(C)C(C(=O)O)C1C(=O)Nc1cccc2cccnc12. The zero-order chi connectivity index (χ0) is 15.2. The van der Waals surface area contributed by atoms with Crippen molar-refractivity contribution < 1.29 is 14.7 Å². The van der Waals surface area contributed by atoms with E-state index >= 15 is 0 Å². The van der Waals surface area contributed by atoms with Crippen LogP contribution in [0.25, 0.3) is 10.9 Å². The number of aliphatic carboxylic acids is 1. The summed E-state index contributed by atoms with van der Waals surface area (Å²) in [7, 11) is 0. The van der Waals surface area contributed by atoms with Crippen molar-refractivity contribution >= 4 is 28.5 Å². The minimum absolute atomic E-state index is 0.259. The van der Waals surface area contributed by atoms with Crippen LogP contribution in [-0.4, -0.2) is 22.0 Å². The van der Waals surface area contributed by atoms with Crippen molar-refractivity contribution in [3.8, 4) is 0 Å². The number of rotatable bonds is 3. The van der Waals surface area contributed by atoms with E-state index in [2.05, 4.69) is 10.3 Å². The Balaban J connectivity index is 1.87. The maximum atomic E-state index is 12.3. The van der Waals surface area contributed by atoms with Gasteiger partial charge in [-0.25, -0.2) is 0 Å². The molecule has 5 heteroatoms. The lowest BCUT2D eigenvalue weighted by atomic mass is 10.1. The first-order valence-electron chi connectivity index (χ1n) is 6.80. The quantitative estimate of drug-likeness (QED) is 0.907. The highest BCUT2D eigenvalue weighted by Gasteiger charge is 2.65. The van der Waals surface area contributed by atoms with Gasteiger partial charge in [0.05, 0.1) is 23.0 Å². The van der Waals surface area contributed by atoms with E-state index in [1.54, 1.807) is 26.1 Å². The Labute approximate surface area is 122 Å². The Morgan fingerprint density at radius 1 is 1.19 bits per heavy atom. The molecule has 3 rings (SSSR count). The summed E-state index contributed by atoms with van der Waals surface area (Å²) in [6.07, 6.45) is 1.67. The molecule has 1 saturated carbocycles. The van der Waals surface area contributed by atoms with E-state index in [0.29, 0.717) is 11.2 Å². The lowest BCUT2D eigenvalue weighted by Crippen LogP contribution is -2.18. The van der Waals surface area contributed by atoms with Gasteiger partial charge in [0.15, 0.2) is 0 Å². The number of carbonyl (C=O) groups is 2. The Morgan fingerprint density at radius 3 is 2.57 bits per heavy atom. The number of hydrogen-bond donors (Lipinski definition) is 2. The molecule has 1 aromatic carbocycles. The Kier molecular flexibility index (Phi) is 2.93. The molecule has 0 spiro atoms. The van der Waals surface area contributed by atoms with Gasteiger partial charge >= 0.3 is 5.97 Å². The Hall–Kier alpha value is -2.43. The van der Waals surface area contributed by atoms with Crippen LogP contribution in [-0.2, 0) is 9.59 Å². The zero-order valence-corrected chi connectivity index (χ0v) is 11.8. The number of carboxylic acids is 1. The number of carboxylic acid groups (broad SMARTS) is 1. The van der Waals surface area contributed by atoms with Gasteiger partial charge in [-0.3, -0.25) is 14.6 Å². The molecule has 1 amide bonds. The topological polar surface area (TPSA) is 79.3 Å². The number of pyridine rings is 1. The Morgan fingerprint density at radius 2 is 1.90 bits per heavy atom. The second-order valence-electron chi connectivity index (χ2n) is 5.98. The summed E-state index contributed by atoms with van der Waals surface area (Å²) in [5, 5.41) is 12.9. The fraction of sp³-hybridized carbons (Fsp3) is 0.312. The minimum Gasteiger partial charge on any atom is -0.481 e. The van der Waals surface area contributed by atoms with Gasteiger partial charge in [-0.1, -0.05) is 32.0 Å². The van der Waals surface area contributed by atoms with Crippen LogP contribution in [0, 0.1) is 17.3 Å². The largest absolute Gasteiger partial charge is 0.481 e. The molecule has 1 aliphatic rings. The highest BCUT2D eigenvalue weighted by Crippen LogP contribution is 2.58. The molecule has 108 valence electrons. The summed E-state index contributed by atoms with van der Waals surface area (Å²) < 4.78 is 0. The fourth-order valence-corrected chi connectivity index (χ4v) is 3.00. The smallest absolute Gasteiger partial charge is 0.307 e. The molecule has 0 bridgehead atoms. The van der Waals surface area contributed by atoms with Gasteiger partial charge in [-0.2, -0.15) is 0 Å². The summed E-state index contributed by atoms with van der Waals surface area (Å²) in [5.41, 5.74) is 0.817. The first kappa shape index (κ1) is 13.5. The molecule has 21 heavy (non-hydrogen) atoms. The lowest BCUT2D eigenvalue weighted by Gasteiger charge is -2.08. The summed E-state index contributed by atoms with van der Waals surface area (Å²) in [4.78, 5) is 27.8. The van der Waals surface area contributed by atoms with E-state index in [9.17, 15) is 9.59 Å². The van der Waals surface area contributed by atoms with Crippen molar-refractivity contribution in [2.24, 2.45) is 17.3 Å². The fourth-order valence-electron chi connectivity index (χ4n) is 3.00. The van der Waals surface area contributed by atoms with Gasteiger partial charge in [-0.05, 0) is 17.5 Å². The molecule has 0 saturated heterocycles. The second-order valence-corrected chi connectivity index (χ2v) is 5.98. The molecular weight excluding hydrogens is 268 g/mol. The molecule has 2 N–H and O–H groups in total. The van der Waals surface area contributed by atoms with Crippen molar-refractivity contribution in [1.29, 1.82) is 0 Å². The van der Waals surface area contributed by atoms with Crippen molar-refractivity contribution in [1.82, 2.24) is 4.98 Å². The third-order valence-electron chi connectivity index (χ3n) is 4.27. The molecule has 5 nitrogen and oxygen atoms in total. The van der Waals surface area contributed by atoms with Crippen LogP contribution in [0.3, 0.4) is 0 Å². The Bertz CT molecular complexity index is 734. The van der Waals surface area contributed by atoms with Gasteiger partial charge in [0.2, 0.25) is 5.91 Å². The average Bonchev–Trinajstić information content (AvgIpc) is 3.02. The summed E-state index contributed by atoms with van der Waals surface area (Å²) in [6.45, 7) is 3.61. The number of fused-ring (bicyclic) bond motifs is 1. The molecule has 1 heterocycles. The van der Waals surface area contributed by atoms with Gasteiger partial charge in [-0.15, -0.1) is 0 Å². The molecule has 0 aliphatic heterocycles. The van der Waals surface area contributed by atoms with E-state index in [1.807, 2.05) is 24.3 Å². The minimum atomic E-state index is -0.920. The van der Waals surface area contributed by atoms with E-state index in [0.717, 1.165) is 5.39 Å². The molecule has 2 unspecified atom stereocenters. The zero-order valence-electron chi connectivity index (χ0n) is 11.8. The maximum absolute atomic E-state index is 12.3. The number of aromatic nitrogens is 1. The van der Waals surface area contributed by atoms with Gasteiger partial charge in [0.1, 0.15) is 0 Å². The number of amides is 1. The first-order valence-corrected chi connectivity index (χ1v) is 6.80. The molecule has 2 aromatic rings. The van der Waals surface area contributed by atoms with E-state index in [4.69, 9.17) is 5.11 Å². The summed E-state index contributed by atoms with van der Waals surface area (Å²) >= 11 is 0. The summed E-state index contributed by atoms with van der Waals surface area (Å²) in [5.74, 6) is -2.31. The first-order chi connectivity index (χ1) is 9.93. The highest BCUT2D eigenvalue weighted by molar-refractivity contribution is 6.04. The number of carbonyl (C=O) groups excluding carboxylic acids is 1. The number of nitrogens with zero attached hydrogens (tertiary/aromatic N) is 1. The lowest BCUT2D eigenvalue weighted by molar-refractivity contribution is -0.140. The van der Waals surface area contributed by atoms with Gasteiger partial charge in [0.25, 0.3) is 0 Å². The second kappa shape index (κ2) is 4.55. The third kappa shape index (κ3) is 2.14. The van der Waals surface area contributed by atoms with Gasteiger partial charge < -0.3 is 10.4 Å².